The molecule has 0 atom stereocenters. The number of carboxylic acid groups (broad SMARTS) is 1. The van der Waals surface area contributed by atoms with Crippen molar-refractivity contribution in [3.05, 3.63) is 77.4 Å². The minimum Gasteiger partial charge on any atom is -0.480 e. The predicted octanol–water partition coefficient (Wildman–Crippen LogP) is 4.60. The van der Waals surface area contributed by atoms with E-state index in [0.29, 0.717) is 32.3 Å². The Kier molecular flexibility index (Phi) is 8.81. The van der Waals surface area contributed by atoms with Crippen molar-refractivity contribution in [2.75, 3.05) is 12.8 Å². The van der Waals surface area contributed by atoms with Crippen molar-refractivity contribution in [3.63, 3.8) is 0 Å². The minimum atomic E-state index is -1.10. The third kappa shape index (κ3) is 7.02. The maximum Gasteiger partial charge on any atom is 0.322 e. The largest absolute Gasteiger partial charge is 0.480 e. The quantitative estimate of drug-likeness (QED) is 0.252. The lowest BCUT2D eigenvalue weighted by atomic mass is 10.2. The molecule has 6 nitrogen and oxygen atoms in total. The fraction of sp³-hybridized carbons (Fsp3) is 0.182. The van der Waals surface area contributed by atoms with Gasteiger partial charge < -0.3 is 10.4 Å². The maximum absolute atomic E-state index is 12.9. The first-order chi connectivity index (χ1) is 15.1. The van der Waals surface area contributed by atoms with Gasteiger partial charge >= 0.3 is 5.97 Å². The Hall–Kier alpha value is -2.49. The highest BCUT2D eigenvalue weighted by molar-refractivity contribution is 7.99. The molecule has 1 heterocycles. The molecular formula is C22H21N3O3S3. The molecule has 3 aromatic rings. The van der Waals surface area contributed by atoms with Gasteiger partial charge in [0.25, 0.3) is 5.91 Å². The summed E-state index contributed by atoms with van der Waals surface area (Å²) in [4.78, 5) is 33.0. The summed E-state index contributed by atoms with van der Waals surface area (Å²) in [5, 5.41) is 13.1. The number of hydrogen-bond donors (Lipinski definition) is 2. The van der Waals surface area contributed by atoms with Crippen LogP contribution < -0.4 is 5.32 Å². The van der Waals surface area contributed by atoms with Gasteiger partial charge in [-0.25, -0.2) is 9.97 Å². The van der Waals surface area contributed by atoms with Crippen molar-refractivity contribution in [1.29, 1.82) is 0 Å². The Balaban J connectivity index is 1.93. The average molecular weight is 472 g/mol. The van der Waals surface area contributed by atoms with Crippen molar-refractivity contribution in [2.45, 2.75) is 26.7 Å². The van der Waals surface area contributed by atoms with E-state index in [0.717, 1.165) is 11.1 Å². The zero-order valence-electron chi connectivity index (χ0n) is 16.8. The van der Waals surface area contributed by atoms with Crippen LogP contribution in [0.3, 0.4) is 0 Å². The van der Waals surface area contributed by atoms with Gasteiger partial charge in [0.05, 0.1) is 0 Å². The standard InChI is InChI=1S/C22H21N3O3S3/c1-29-22-24-20(30-13-15-8-4-2-5-9-15)18(19(28)23-12-17(26)27)21(25-22)31-14-16-10-6-3-7-11-16/h2-11H,12-14H2,1H3,(H,23,28)(H,26,27). The van der Waals surface area contributed by atoms with E-state index in [2.05, 4.69) is 15.3 Å². The third-order valence-corrected chi connectivity index (χ3v) is 6.71. The molecule has 0 saturated carbocycles. The first kappa shape index (κ1) is 23.2. The number of amides is 1. The fourth-order valence-corrected chi connectivity index (χ4v) is 5.10. The number of nitrogens with one attached hydrogen (secondary N) is 1. The van der Waals surface area contributed by atoms with Crippen molar-refractivity contribution in [2.24, 2.45) is 0 Å². The third-order valence-electron chi connectivity index (χ3n) is 4.07. The number of carboxylic acids is 1. The van der Waals surface area contributed by atoms with Crippen LogP contribution in [0, 0.1) is 0 Å². The number of carbonyl (C=O) groups excluding carboxylic acids is 1. The van der Waals surface area contributed by atoms with Crippen LogP contribution in [0.4, 0.5) is 0 Å². The lowest BCUT2D eigenvalue weighted by Gasteiger charge is -2.14. The molecule has 0 aliphatic rings. The summed E-state index contributed by atoms with van der Waals surface area (Å²) in [7, 11) is 0. The number of aromatic nitrogens is 2. The molecule has 9 heteroatoms. The lowest BCUT2D eigenvalue weighted by molar-refractivity contribution is -0.135. The van der Waals surface area contributed by atoms with Crippen LogP contribution in [0.15, 0.2) is 75.9 Å². The fourth-order valence-electron chi connectivity index (χ4n) is 2.59. The number of rotatable bonds is 10. The first-order valence-corrected chi connectivity index (χ1v) is 12.6. The molecule has 0 saturated heterocycles. The summed E-state index contributed by atoms with van der Waals surface area (Å²) in [5.74, 6) is -0.324. The molecule has 0 spiro atoms. The minimum absolute atomic E-state index is 0.320. The molecule has 0 aliphatic heterocycles. The summed E-state index contributed by atoms with van der Waals surface area (Å²) >= 11 is 4.29. The zero-order valence-corrected chi connectivity index (χ0v) is 19.2. The molecule has 1 aromatic heterocycles. The van der Waals surface area contributed by atoms with Crippen LogP contribution in [-0.4, -0.2) is 39.8 Å². The Morgan fingerprint density at radius 3 is 1.77 bits per heavy atom. The molecule has 0 aliphatic carbocycles. The van der Waals surface area contributed by atoms with Crippen LogP contribution in [0.25, 0.3) is 0 Å². The Morgan fingerprint density at radius 1 is 0.871 bits per heavy atom. The molecule has 0 radical (unpaired) electrons. The summed E-state index contributed by atoms with van der Waals surface area (Å²) in [5.41, 5.74) is 2.53. The topological polar surface area (TPSA) is 92.2 Å². The van der Waals surface area contributed by atoms with E-state index in [9.17, 15) is 9.59 Å². The van der Waals surface area contributed by atoms with Gasteiger partial charge in [-0.05, 0) is 17.4 Å². The summed E-state index contributed by atoms with van der Waals surface area (Å²) in [6, 6.07) is 19.8. The van der Waals surface area contributed by atoms with Gasteiger partial charge in [0.1, 0.15) is 22.2 Å². The second-order valence-electron chi connectivity index (χ2n) is 6.32. The van der Waals surface area contributed by atoms with Crippen molar-refractivity contribution in [3.8, 4) is 0 Å². The van der Waals surface area contributed by atoms with Crippen LogP contribution in [-0.2, 0) is 16.3 Å². The molecule has 160 valence electrons. The monoisotopic (exact) mass is 471 g/mol. The van der Waals surface area contributed by atoms with Crippen LogP contribution in [0.5, 0.6) is 0 Å². The SMILES string of the molecule is CSc1nc(SCc2ccccc2)c(C(=O)NCC(=O)O)c(SCc2ccccc2)n1. The summed E-state index contributed by atoms with van der Waals surface area (Å²) < 4.78 is 0. The molecule has 2 aromatic carbocycles. The number of thioether (sulfide) groups is 3. The van der Waals surface area contributed by atoms with E-state index in [-0.39, 0.29) is 0 Å². The summed E-state index contributed by atoms with van der Waals surface area (Å²) in [6.45, 7) is -0.464. The van der Waals surface area contributed by atoms with E-state index in [1.807, 2.05) is 66.9 Å². The Labute approximate surface area is 193 Å². The van der Waals surface area contributed by atoms with Crippen molar-refractivity contribution >= 4 is 47.2 Å². The second kappa shape index (κ2) is 11.8. The highest BCUT2D eigenvalue weighted by Crippen LogP contribution is 2.33. The Bertz CT molecular complexity index is 969. The van der Waals surface area contributed by atoms with Crippen molar-refractivity contribution < 1.29 is 14.7 Å². The average Bonchev–Trinajstić information content (AvgIpc) is 2.80. The Morgan fingerprint density at radius 2 is 1.35 bits per heavy atom. The van der Waals surface area contributed by atoms with Crippen molar-refractivity contribution in [1.82, 2.24) is 15.3 Å². The number of nitrogens with zero attached hydrogens (tertiary/aromatic N) is 2. The smallest absolute Gasteiger partial charge is 0.322 e. The molecular weight excluding hydrogens is 450 g/mol. The van der Waals surface area contributed by atoms with Gasteiger partial charge in [-0.15, -0.1) is 23.5 Å². The maximum atomic E-state index is 12.9. The van der Waals surface area contributed by atoms with Gasteiger partial charge in [-0.3, -0.25) is 9.59 Å². The van der Waals surface area contributed by atoms with E-state index < -0.39 is 18.4 Å². The van der Waals surface area contributed by atoms with Crippen LogP contribution in [0.2, 0.25) is 0 Å². The second-order valence-corrected chi connectivity index (χ2v) is 9.02. The van der Waals surface area contributed by atoms with Gasteiger partial charge in [0.2, 0.25) is 0 Å². The molecule has 0 unspecified atom stereocenters. The molecule has 2 N–H and O–H groups in total. The molecule has 0 fully saturated rings. The van der Waals surface area contributed by atoms with E-state index in [4.69, 9.17) is 5.11 Å². The molecule has 0 bridgehead atoms. The number of benzene rings is 2. The van der Waals surface area contributed by atoms with Gasteiger partial charge in [0.15, 0.2) is 5.16 Å². The molecule has 3 rings (SSSR count). The first-order valence-electron chi connectivity index (χ1n) is 9.36. The number of hydrogen-bond acceptors (Lipinski definition) is 7. The van der Waals surface area contributed by atoms with E-state index >= 15 is 0 Å². The summed E-state index contributed by atoms with van der Waals surface area (Å²) in [6.07, 6.45) is 1.89. The van der Waals surface area contributed by atoms with E-state index in [1.54, 1.807) is 0 Å². The normalized spacial score (nSPS) is 10.6. The highest BCUT2D eigenvalue weighted by Gasteiger charge is 2.22. The van der Waals surface area contributed by atoms with E-state index in [1.165, 1.54) is 35.3 Å². The molecule has 1 amide bonds. The molecule has 31 heavy (non-hydrogen) atoms. The van der Waals surface area contributed by atoms with Gasteiger partial charge in [-0.2, -0.15) is 0 Å². The highest BCUT2D eigenvalue weighted by atomic mass is 32.2. The predicted molar refractivity (Wildman–Crippen MR) is 126 cm³/mol. The number of carbonyl (C=O) groups is 2. The number of aliphatic carboxylic acids is 1. The van der Waals surface area contributed by atoms with Crippen LogP contribution in [0.1, 0.15) is 21.5 Å². The van der Waals surface area contributed by atoms with Crippen LogP contribution >= 0.6 is 35.3 Å². The van der Waals surface area contributed by atoms with Gasteiger partial charge in [0, 0.05) is 11.5 Å². The zero-order chi connectivity index (χ0) is 22.1. The lowest BCUT2D eigenvalue weighted by Crippen LogP contribution is -2.30. The van der Waals surface area contributed by atoms with Gasteiger partial charge in [-0.1, -0.05) is 72.4 Å².